The summed E-state index contributed by atoms with van der Waals surface area (Å²) in [5, 5.41) is 11.4. The lowest BCUT2D eigenvalue weighted by atomic mass is 9.92. The second-order valence-corrected chi connectivity index (χ2v) is 7.97. The Labute approximate surface area is 182 Å². The molecule has 32 heavy (non-hydrogen) atoms. The topological polar surface area (TPSA) is 104 Å². The summed E-state index contributed by atoms with van der Waals surface area (Å²) in [5.74, 6) is -1.32. The molecule has 0 aliphatic carbocycles. The predicted octanol–water partition coefficient (Wildman–Crippen LogP) is 2.13. The van der Waals surface area contributed by atoms with Gasteiger partial charge in [0.15, 0.2) is 0 Å². The molecule has 2 saturated heterocycles. The number of rotatable bonds is 3. The highest BCUT2D eigenvalue weighted by Gasteiger charge is 2.45. The van der Waals surface area contributed by atoms with Gasteiger partial charge < -0.3 is 14.9 Å². The monoisotopic (exact) mass is 454 g/mol. The van der Waals surface area contributed by atoms with Gasteiger partial charge in [-0.2, -0.15) is 18.3 Å². The Morgan fingerprint density at radius 2 is 1.91 bits per heavy atom. The molecule has 0 radical (unpaired) electrons. The minimum Gasteiger partial charge on any atom is -0.475 e. The van der Waals surface area contributed by atoms with E-state index in [9.17, 15) is 18.0 Å². The van der Waals surface area contributed by atoms with E-state index < -0.39 is 12.1 Å². The van der Waals surface area contributed by atoms with Gasteiger partial charge >= 0.3 is 12.1 Å². The number of alkyl halides is 3. The Bertz CT molecular complexity index is 920. The quantitative estimate of drug-likeness (QED) is 0.758. The maximum absolute atomic E-state index is 12.3. The second-order valence-electron chi connectivity index (χ2n) is 7.97. The maximum Gasteiger partial charge on any atom is 0.490 e. The van der Waals surface area contributed by atoms with Crippen LogP contribution in [-0.4, -0.2) is 73.0 Å². The molecule has 0 unspecified atom stereocenters. The van der Waals surface area contributed by atoms with E-state index in [-0.39, 0.29) is 11.9 Å². The van der Waals surface area contributed by atoms with Crippen LogP contribution in [0.4, 0.5) is 19.1 Å². The highest BCUT2D eigenvalue weighted by molar-refractivity contribution is 5.74. The Morgan fingerprint density at radius 3 is 2.44 bits per heavy atom. The zero-order valence-electron chi connectivity index (χ0n) is 17.7. The lowest BCUT2D eigenvalue weighted by molar-refractivity contribution is -0.192. The first-order valence-electron chi connectivity index (χ1n) is 10.2. The number of carboxylic acid groups (broad SMARTS) is 1. The Balaban J connectivity index is 0.000000360. The summed E-state index contributed by atoms with van der Waals surface area (Å²) in [7, 11) is 0. The Hall–Kier alpha value is -3.18. The third-order valence-electron chi connectivity index (χ3n) is 5.63. The van der Waals surface area contributed by atoms with Crippen molar-refractivity contribution in [2.75, 3.05) is 18.0 Å². The van der Waals surface area contributed by atoms with Gasteiger partial charge in [0.05, 0.1) is 12.6 Å². The smallest absolute Gasteiger partial charge is 0.475 e. The minimum absolute atomic E-state index is 0.171. The van der Waals surface area contributed by atoms with Crippen LogP contribution in [0.2, 0.25) is 0 Å². The molecule has 1 N–H and O–H groups in total. The molecule has 1 amide bonds. The number of aromatic nitrogens is 4. The van der Waals surface area contributed by atoms with E-state index in [1.54, 1.807) is 13.1 Å². The van der Waals surface area contributed by atoms with Gasteiger partial charge in [-0.05, 0) is 37.3 Å². The predicted molar refractivity (Wildman–Crippen MR) is 108 cm³/mol. The molecular weight excluding hydrogens is 429 g/mol. The summed E-state index contributed by atoms with van der Waals surface area (Å²) in [6, 6.07) is 2.46. The number of hydrogen-bond donors (Lipinski definition) is 1. The average molecular weight is 454 g/mol. The van der Waals surface area contributed by atoms with Crippen molar-refractivity contribution in [2.45, 2.75) is 51.5 Å². The van der Waals surface area contributed by atoms with E-state index in [1.807, 2.05) is 36.3 Å². The van der Waals surface area contributed by atoms with Crippen LogP contribution in [0.25, 0.3) is 0 Å². The molecule has 2 aromatic heterocycles. The molecule has 0 saturated carbocycles. The molecule has 2 aromatic rings. The zero-order chi connectivity index (χ0) is 23.5. The summed E-state index contributed by atoms with van der Waals surface area (Å²) >= 11 is 0. The number of anilines is 1. The first kappa shape index (κ1) is 23.5. The number of hydrogen-bond acceptors (Lipinski definition) is 6. The van der Waals surface area contributed by atoms with Gasteiger partial charge in [0, 0.05) is 50.8 Å². The largest absolute Gasteiger partial charge is 0.490 e. The van der Waals surface area contributed by atoms with E-state index in [2.05, 4.69) is 24.9 Å². The van der Waals surface area contributed by atoms with E-state index in [1.165, 1.54) is 0 Å². The lowest BCUT2D eigenvalue weighted by Crippen LogP contribution is -2.49. The lowest BCUT2D eigenvalue weighted by Gasteiger charge is -2.38. The van der Waals surface area contributed by atoms with Crippen LogP contribution in [0.5, 0.6) is 0 Å². The van der Waals surface area contributed by atoms with E-state index >= 15 is 0 Å². The van der Waals surface area contributed by atoms with Crippen molar-refractivity contribution in [3.05, 3.63) is 36.4 Å². The van der Waals surface area contributed by atoms with Crippen molar-refractivity contribution < 1.29 is 27.9 Å². The summed E-state index contributed by atoms with van der Waals surface area (Å²) in [6.45, 7) is 6.25. The van der Waals surface area contributed by atoms with Gasteiger partial charge in [-0.1, -0.05) is 0 Å². The van der Waals surface area contributed by atoms with Gasteiger partial charge in [-0.3, -0.25) is 9.48 Å². The summed E-state index contributed by atoms with van der Waals surface area (Å²) < 4.78 is 33.7. The first-order valence-corrected chi connectivity index (χ1v) is 10.2. The van der Waals surface area contributed by atoms with E-state index in [4.69, 9.17) is 9.90 Å². The average Bonchev–Trinajstić information content (AvgIpc) is 3.35. The fourth-order valence-electron chi connectivity index (χ4n) is 4.36. The van der Waals surface area contributed by atoms with Crippen LogP contribution >= 0.6 is 0 Å². The highest BCUT2D eigenvalue weighted by atomic mass is 19.4. The number of nitrogens with zero attached hydrogens (tertiary/aromatic N) is 6. The number of amides is 1. The van der Waals surface area contributed by atoms with Crippen LogP contribution in [0, 0.1) is 12.8 Å². The van der Waals surface area contributed by atoms with Crippen molar-refractivity contribution in [3.8, 4) is 0 Å². The Morgan fingerprint density at radius 1 is 1.25 bits per heavy atom. The number of likely N-dealkylation sites (tertiary alicyclic amines) is 1. The van der Waals surface area contributed by atoms with Crippen molar-refractivity contribution >= 4 is 17.8 Å². The minimum atomic E-state index is -5.08. The fourth-order valence-corrected chi connectivity index (χ4v) is 4.36. The van der Waals surface area contributed by atoms with Gasteiger partial charge in [0.2, 0.25) is 11.9 Å². The van der Waals surface area contributed by atoms with Crippen molar-refractivity contribution in [3.63, 3.8) is 0 Å². The third kappa shape index (κ3) is 5.54. The summed E-state index contributed by atoms with van der Waals surface area (Å²) in [4.78, 5) is 34.5. The van der Waals surface area contributed by atoms with Crippen molar-refractivity contribution in [1.82, 2.24) is 24.6 Å². The Kier molecular flexibility index (Phi) is 6.99. The van der Waals surface area contributed by atoms with Crippen LogP contribution in [0.3, 0.4) is 0 Å². The van der Waals surface area contributed by atoms with Crippen LogP contribution in [0.15, 0.2) is 30.9 Å². The number of carbonyl (C=O) groups excluding carboxylic acids is 1. The van der Waals surface area contributed by atoms with Crippen molar-refractivity contribution in [1.29, 1.82) is 0 Å². The van der Waals surface area contributed by atoms with Gasteiger partial charge in [0.25, 0.3) is 0 Å². The molecule has 2 fully saturated rings. The number of carboxylic acids is 1. The van der Waals surface area contributed by atoms with Gasteiger partial charge in [-0.15, -0.1) is 0 Å². The molecule has 0 bridgehead atoms. The van der Waals surface area contributed by atoms with Gasteiger partial charge in [-0.25, -0.2) is 14.8 Å². The number of aryl methyl sites for hydroxylation is 1. The normalized spacial score (nSPS) is 22.7. The van der Waals surface area contributed by atoms with E-state index in [0.717, 1.165) is 44.0 Å². The molecule has 4 heterocycles. The van der Waals surface area contributed by atoms with Gasteiger partial charge in [0.1, 0.15) is 0 Å². The number of aliphatic carboxylic acids is 1. The van der Waals surface area contributed by atoms with Crippen LogP contribution < -0.4 is 4.90 Å². The maximum atomic E-state index is 12.3. The molecule has 9 nitrogen and oxygen atoms in total. The fraction of sp³-hybridized carbons (Fsp3) is 0.550. The second kappa shape index (κ2) is 9.53. The summed E-state index contributed by atoms with van der Waals surface area (Å²) in [5.41, 5.74) is 1.07. The first-order chi connectivity index (χ1) is 15.1. The SMILES string of the molecule is CC(=O)N1[C@H](Cn2cccn2)C[C@@H]2CN(c3ncc(C)cn3)CC[C@@H]21.O=C(O)C(F)(F)F. The molecule has 174 valence electrons. The molecule has 4 rings (SSSR count). The van der Waals surface area contributed by atoms with Crippen LogP contribution in [0.1, 0.15) is 25.3 Å². The summed E-state index contributed by atoms with van der Waals surface area (Å²) in [6.07, 6.45) is 4.38. The molecule has 0 spiro atoms. The number of piperidine rings is 1. The van der Waals surface area contributed by atoms with Crippen LogP contribution in [-0.2, 0) is 16.1 Å². The molecule has 2 aliphatic rings. The zero-order valence-corrected chi connectivity index (χ0v) is 17.7. The molecule has 12 heteroatoms. The number of fused-ring (bicyclic) bond motifs is 1. The molecule has 3 atom stereocenters. The number of halogens is 3. The highest BCUT2D eigenvalue weighted by Crippen LogP contribution is 2.37. The number of carbonyl (C=O) groups is 2. The molecule has 0 aromatic carbocycles. The third-order valence-corrected chi connectivity index (χ3v) is 5.63. The van der Waals surface area contributed by atoms with E-state index in [0.29, 0.717) is 12.0 Å². The molecular formula is C20H25F3N6O3. The standard InChI is InChI=1S/C18H24N6O.C2HF3O2/c1-13-9-19-18(20-10-13)22-7-4-17-15(11-22)8-16(24(17)14(2)25)12-23-6-3-5-21-23;3-2(4,5)1(6)7/h3,5-6,9-10,15-17H,4,7-8,11-12H2,1-2H3;(H,6,7)/t15-,16+,17+;/m1./s1. The molecule has 2 aliphatic heterocycles. The van der Waals surface area contributed by atoms with Crippen molar-refractivity contribution in [2.24, 2.45) is 5.92 Å².